The largest absolute Gasteiger partial charge is 0.326 e. The molecule has 0 saturated heterocycles. The van der Waals surface area contributed by atoms with Crippen LogP contribution < -0.4 is 5.32 Å². The van der Waals surface area contributed by atoms with Gasteiger partial charge >= 0.3 is 0 Å². The van der Waals surface area contributed by atoms with Crippen LogP contribution in [0, 0.1) is 19.3 Å². The monoisotopic (exact) mass is 187 g/mol. The van der Waals surface area contributed by atoms with Gasteiger partial charge in [-0.3, -0.25) is 4.79 Å². The van der Waals surface area contributed by atoms with E-state index in [1.807, 2.05) is 31.2 Å². The van der Waals surface area contributed by atoms with Crippen molar-refractivity contribution in [2.24, 2.45) is 0 Å². The Morgan fingerprint density at radius 1 is 1.50 bits per heavy atom. The number of amides is 1. The summed E-state index contributed by atoms with van der Waals surface area (Å²) in [5, 5.41) is 2.81. The molecule has 1 N–H and O–H groups in total. The van der Waals surface area contributed by atoms with Crippen LogP contribution in [0.4, 0.5) is 5.69 Å². The van der Waals surface area contributed by atoms with Crippen LogP contribution in [-0.4, -0.2) is 5.91 Å². The van der Waals surface area contributed by atoms with Crippen LogP contribution in [0.1, 0.15) is 18.4 Å². The van der Waals surface area contributed by atoms with Crippen LogP contribution in [0.5, 0.6) is 0 Å². The van der Waals surface area contributed by atoms with Gasteiger partial charge in [0.05, 0.1) is 0 Å². The molecule has 2 nitrogen and oxygen atoms in total. The number of aryl methyl sites for hydroxylation is 1. The minimum atomic E-state index is -0.0303. The molecule has 0 aliphatic carbocycles. The Bertz CT molecular complexity index is 363. The molecular weight excluding hydrogens is 174 g/mol. The Morgan fingerprint density at radius 2 is 2.21 bits per heavy atom. The number of para-hydroxylation sites is 1. The van der Waals surface area contributed by atoms with E-state index >= 15 is 0 Å². The molecule has 2 heteroatoms. The fourth-order valence-electron chi connectivity index (χ4n) is 1.11. The molecule has 14 heavy (non-hydrogen) atoms. The van der Waals surface area contributed by atoms with Gasteiger partial charge in [0.1, 0.15) is 0 Å². The standard InChI is InChI=1S/C12H13NO/c1-3-4-9-12(14)13-11-8-6-5-7-10(11)2/h1,5-8H,4,9H2,2H3,(H,13,14). The predicted octanol–water partition coefficient (Wildman–Crippen LogP) is 2.35. The molecule has 1 amide bonds. The van der Waals surface area contributed by atoms with E-state index in [1.54, 1.807) is 0 Å². The van der Waals surface area contributed by atoms with Crippen molar-refractivity contribution in [2.45, 2.75) is 19.8 Å². The van der Waals surface area contributed by atoms with Crippen molar-refractivity contribution in [1.29, 1.82) is 0 Å². The second kappa shape index (κ2) is 5.08. The Kier molecular flexibility index (Phi) is 3.75. The van der Waals surface area contributed by atoms with Crippen LogP contribution in [0.2, 0.25) is 0 Å². The summed E-state index contributed by atoms with van der Waals surface area (Å²) in [6, 6.07) is 7.66. The molecule has 0 heterocycles. The van der Waals surface area contributed by atoms with Crippen molar-refractivity contribution < 1.29 is 4.79 Å². The van der Waals surface area contributed by atoms with Crippen molar-refractivity contribution in [3.8, 4) is 12.3 Å². The molecule has 0 aromatic heterocycles. The topological polar surface area (TPSA) is 29.1 Å². The van der Waals surface area contributed by atoms with E-state index in [2.05, 4.69) is 11.2 Å². The summed E-state index contributed by atoms with van der Waals surface area (Å²) >= 11 is 0. The van der Waals surface area contributed by atoms with Gasteiger partial charge in [0.25, 0.3) is 0 Å². The second-order valence-electron chi connectivity index (χ2n) is 3.07. The number of hydrogen-bond donors (Lipinski definition) is 1. The normalized spacial score (nSPS) is 9.14. The zero-order valence-corrected chi connectivity index (χ0v) is 8.21. The lowest BCUT2D eigenvalue weighted by atomic mass is 10.2. The quantitative estimate of drug-likeness (QED) is 0.723. The van der Waals surface area contributed by atoms with Gasteiger partial charge in [-0.15, -0.1) is 12.3 Å². The van der Waals surface area contributed by atoms with Crippen molar-refractivity contribution >= 4 is 11.6 Å². The lowest BCUT2D eigenvalue weighted by Gasteiger charge is -2.06. The molecule has 72 valence electrons. The van der Waals surface area contributed by atoms with Gasteiger partial charge < -0.3 is 5.32 Å². The Labute approximate surface area is 84.3 Å². The van der Waals surface area contributed by atoms with Gasteiger partial charge in [-0.2, -0.15) is 0 Å². The first-order chi connectivity index (χ1) is 6.74. The third kappa shape index (κ3) is 2.95. The van der Waals surface area contributed by atoms with Crippen molar-refractivity contribution in [3.63, 3.8) is 0 Å². The highest BCUT2D eigenvalue weighted by Crippen LogP contribution is 2.13. The second-order valence-corrected chi connectivity index (χ2v) is 3.07. The van der Waals surface area contributed by atoms with Gasteiger partial charge in [-0.05, 0) is 18.6 Å². The number of terminal acetylenes is 1. The van der Waals surface area contributed by atoms with E-state index in [4.69, 9.17) is 6.42 Å². The van der Waals surface area contributed by atoms with Gasteiger partial charge in [0.2, 0.25) is 5.91 Å². The molecule has 0 saturated carbocycles. The maximum Gasteiger partial charge on any atom is 0.225 e. The molecule has 1 aromatic rings. The molecule has 1 aromatic carbocycles. The zero-order chi connectivity index (χ0) is 10.4. The van der Waals surface area contributed by atoms with Gasteiger partial charge in [0.15, 0.2) is 0 Å². The summed E-state index contributed by atoms with van der Waals surface area (Å²) < 4.78 is 0. The zero-order valence-electron chi connectivity index (χ0n) is 8.21. The van der Waals surface area contributed by atoms with E-state index in [-0.39, 0.29) is 5.91 Å². The van der Waals surface area contributed by atoms with E-state index in [1.165, 1.54) is 0 Å². The fraction of sp³-hybridized carbons (Fsp3) is 0.250. The summed E-state index contributed by atoms with van der Waals surface area (Å²) in [6.07, 6.45) is 5.93. The lowest BCUT2D eigenvalue weighted by Crippen LogP contribution is -2.11. The van der Waals surface area contributed by atoms with Crippen LogP contribution in [0.3, 0.4) is 0 Å². The highest BCUT2D eigenvalue weighted by atomic mass is 16.1. The summed E-state index contributed by atoms with van der Waals surface area (Å²) in [6.45, 7) is 1.96. The summed E-state index contributed by atoms with van der Waals surface area (Å²) in [5.74, 6) is 2.41. The van der Waals surface area contributed by atoms with E-state index in [0.717, 1.165) is 11.3 Å². The highest BCUT2D eigenvalue weighted by molar-refractivity contribution is 5.91. The highest BCUT2D eigenvalue weighted by Gasteiger charge is 2.02. The number of anilines is 1. The van der Waals surface area contributed by atoms with E-state index in [9.17, 15) is 4.79 Å². The first-order valence-electron chi connectivity index (χ1n) is 4.53. The third-order valence-corrected chi connectivity index (χ3v) is 1.92. The first kappa shape index (κ1) is 10.3. The Hall–Kier alpha value is -1.75. The number of rotatable bonds is 3. The maximum absolute atomic E-state index is 11.3. The smallest absolute Gasteiger partial charge is 0.225 e. The number of benzene rings is 1. The van der Waals surface area contributed by atoms with E-state index < -0.39 is 0 Å². The Balaban J connectivity index is 2.57. The first-order valence-corrected chi connectivity index (χ1v) is 4.53. The molecular formula is C12H13NO. The van der Waals surface area contributed by atoms with Crippen LogP contribution in [0.15, 0.2) is 24.3 Å². The lowest BCUT2D eigenvalue weighted by molar-refractivity contribution is -0.116. The molecule has 1 rings (SSSR count). The van der Waals surface area contributed by atoms with Crippen LogP contribution in [0.25, 0.3) is 0 Å². The molecule has 0 atom stereocenters. The van der Waals surface area contributed by atoms with Gasteiger partial charge in [-0.1, -0.05) is 18.2 Å². The minimum Gasteiger partial charge on any atom is -0.326 e. The minimum absolute atomic E-state index is 0.0303. The third-order valence-electron chi connectivity index (χ3n) is 1.92. The molecule has 0 unspecified atom stereocenters. The summed E-state index contributed by atoms with van der Waals surface area (Å²) in [7, 11) is 0. The van der Waals surface area contributed by atoms with Crippen molar-refractivity contribution in [3.05, 3.63) is 29.8 Å². The van der Waals surface area contributed by atoms with Crippen LogP contribution in [-0.2, 0) is 4.79 Å². The SMILES string of the molecule is C#CCCC(=O)Nc1ccccc1C. The number of nitrogens with one attached hydrogen (secondary N) is 1. The summed E-state index contributed by atoms with van der Waals surface area (Å²) in [4.78, 5) is 11.3. The average Bonchev–Trinajstić information content (AvgIpc) is 2.18. The Morgan fingerprint density at radius 3 is 2.86 bits per heavy atom. The summed E-state index contributed by atoms with van der Waals surface area (Å²) in [5.41, 5.74) is 1.91. The molecule has 0 radical (unpaired) electrons. The predicted molar refractivity (Wildman–Crippen MR) is 57.9 cm³/mol. The maximum atomic E-state index is 11.3. The van der Waals surface area contributed by atoms with Crippen LogP contribution >= 0.6 is 0 Å². The van der Waals surface area contributed by atoms with Gasteiger partial charge in [0, 0.05) is 18.5 Å². The van der Waals surface area contributed by atoms with Crippen molar-refractivity contribution in [1.82, 2.24) is 0 Å². The average molecular weight is 187 g/mol. The molecule has 0 aliphatic heterocycles. The number of carbonyl (C=O) groups excluding carboxylic acids is 1. The molecule has 0 spiro atoms. The molecule has 0 aliphatic rings. The number of carbonyl (C=O) groups is 1. The number of hydrogen-bond acceptors (Lipinski definition) is 1. The molecule has 0 bridgehead atoms. The van der Waals surface area contributed by atoms with Crippen molar-refractivity contribution in [2.75, 3.05) is 5.32 Å². The fourth-order valence-corrected chi connectivity index (χ4v) is 1.11. The van der Waals surface area contributed by atoms with Gasteiger partial charge in [-0.25, -0.2) is 0 Å². The molecule has 0 fully saturated rings. The van der Waals surface area contributed by atoms with E-state index in [0.29, 0.717) is 12.8 Å².